The first-order chi connectivity index (χ1) is 10.4. The number of halogens is 2. The van der Waals surface area contributed by atoms with E-state index in [4.69, 9.17) is 27.9 Å². The number of carbonyl (C=O) groups excluding carboxylic acids is 1. The summed E-state index contributed by atoms with van der Waals surface area (Å²) < 4.78 is 5.16. The Balaban J connectivity index is 2.16. The minimum atomic E-state index is -0.646. The number of benzene rings is 2. The Morgan fingerprint density at radius 2 is 2.00 bits per heavy atom. The number of nitro benzene ring substituents is 1. The molecular weight excluding hydrogens is 329 g/mol. The average molecular weight is 340 g/mol. The monoisotopic (exact) mass is 339 g/mol. The standard InChI is InChI=1S/C15H11Cl2NO4/c1-9-12(3-2-4-14(9)18(20)21)15(19)22-8-10-5-6-11(16)7-13(10)17/h2-7H,8H2,1H3. The number of hydrogen-bond donors (Lipinski definition) is 0. The Bertz CT molecular complexity index is 746. The number of rotatable bonds is 4. The first-order valence-corrected chi connectivity index (χ1v) is 7.01. The molecule has 2 rings (SSSR count). The van der Waals surface area contributed by atoms with E-state index in [9.17, 15) is 14.9 Å². The zero-order valence-corrected chi connectivity index (χ0v) is 13.0. The van der Waals surface area contributed by atoms with Crippen molar-refractivity contribution < 1.29 is 14.5 Å². The molecule has 0 saturated carbocycles. The second-order valence-corrected chi connectivity index (χ2v) is 5.36. The molecule has 114 valence electrons. The molecule has 0 aliphatic carbocycles. The third-order valence-electron chi connectivity index (χ3n) is 3.10. The number of nitro groups is 1. The SMILES string of the molecule is Cc1c(C(=O)OCc2ccc(Cl)cc2Cl)cccc1[N+](=O)[O-]. The van der Waals surface area contributed by atoms with Gasteiger partial charge in [-0.15, -0.1) is 0 Å². The minimum Gasteiger partial charge on any atom is -0.457 e. The van der Waals surface area contributed by atoms with Gasteiger partial charge in [-0.3, -0.25) is 10.1 Å². The van der Waals surface area contributed by atoms with Crippen molar-refractivity contribution in [2.24, 2.45) is 0 Å². The largest absolute Gasteiger partial charge is 0.457 e. The zero-order valence-electron chi connectivity index (χ0n) is 11.5. The number of carbonyl (C=O) groups is 1. The fourth-order valence-corrected chi connectivity index (χ4v) is 2.37. The van der Waals surface area contributed by atoms with Gasteiger partial charge in [-0.2, -0.15) is 0 Å². The van der Waals surface area contributed by atoms with Crippen molar-refractivity contribution in [1.29, 1.82) is 0 Å². The highest BCUT2D eigenvalue weighted by Crippen LogP contribution is 2.24. The van der Waals surface area contributed by atoms with Crippen LogP contribution < -0.4 is 0 Å². The van der Waals surface area contributed by atoms with Crippen molar-refractivity contribution in [1.82, 2.24) is 0 Å². The number of esters is 1. The van der Waals surface area contributed by atoms with Crippen LogP contribution in [0, 0.1) is 17.0 Å². The summed E-state index contributed by atoms with van der Waals surface area (Å²) in [6.45, 7) is 1.46. The van der Waals surface area contributed by atoms with Crippen LogP contribution in [0.1, 0.15) is 21.5 Å². The average Bonchev–Trinajstić information content (AvgIpc) is 2.46. The van der Waals surface area contributed by atoms with E-state index in [-0.39, 0.29) is 23.4 Å². The Hall–Kier alpha value is -2.11. The molecule has 2 aromatic rings. The predicted molar refractivity (Wildman–Crippen MR) is 83.4 cm³/mol. The fourth-order valence-electron chi connectivity index (χ4n) is 1.90. The van der Waals surface area contributed by atoms with Crippen LogP contribution in [0.3, 0.4) is 0 Å². The maximum atomic E-state index is 12.1. The molecule has 0 fully saturated rings. The molecule has 0 atom stereocenters. The smallest absolute Gasteiger partial charge is 0.338 e. The van der Waals surface area contributed by atoms with E-state index in [1.54, 1.807) is 18.2 Å². The van der Waals surface area contributed by atoms with E-state index < -0.39 is 10.9 Å². The van der Waals surface area contributed by atoms with E-state index in [2.05, 4.69) is 0 Å². The van der Waals surface area contributed by atoms with Crippen molar-refractivity contribution in [3.8, 4) is 0 Å². The van der Waals surface area contributed by atoms with Crippen molar-refractivity contribution in [3.63, 3.8) is 0 Å². The normalized spacial score (nSPS) is 10.3. The maximum Gasteiger partial charge on any atom is 0.338 e. The van der Waals surface area contributed by atoms with Crippen LogP contribution in [-0.4, -0.2) is 10.9 Å². The van der Waals surface area contributed by atoms with Gasteiger partial charge in [-0.25, -0.2) is 4.79 Å². The quantitative estimate of drug-likeness (QED) is 0.464. The van der Waals surface area contributed by atoms with Gasteiger partial charge >= 0.3 is 5.97 Å². The maximum absolute atomic E-state index is 12.1. The Kier molecular flexibility index (Phi) is 5.00. The van der Waals surface area contributed by atoms with Crippen molar-refractivity contribution in [3.05, 3.63) is 73.2 Å². The van der Waals surface area contributed by atoms with Crippen LogP contribution in [0.5, 0.6) is 0 Å². The highest BCUT2D eigenvalue weighted by molar-refractivity contribution is 6.35. The highest BCUT2D eigenvalue weighted by atomic mass is 35.5. The van der Waals surface area contributed by atoms with Crippen LogP contribution in [0.25, 0.3) is 0 Å². The summed E-state index contributed by atoms with van der Waals surface area (Å²) in [5.74, 6) is -0.646. The van der Waals surface area contributed by atoms with Crippen molar-refractivity contribution in [2.45, 2.75) is 13.5 Å². The molecule has 7 heteroatoms. The summed E-state index contributed by atoms with van der Waals surface area (Å²) in [6, 6.07) is 9.09. The molecule has 0 radical (unpaired) electrons. The van der Waals surface area contributed by atoms with Gasteiger partial charge in [0.05, 0.1) is 10.5 Å². The summed E-state index contributed by atoms with van der Waals surface area (Å²) in [5.41, 5.74) is 0.889. The van der Waals surface area contributed by atoms with Crippen LogP contribution >= 0.6 is 23.2 Å². The number of nitrogens with zero attached hydrogens (tertiary/aromatic N) is 1. The molecule has 0 N–H and O–H groups in total. The van der Waals surface area contributed by atoms with Crippen molar-refractivity contribution in [2.75, 3.05) is 0 Å². The summed E-state index contributed by atoms with van der Waals surface area (Å²) >= 11 is 11.8. The lowest BCUT2D eigenvalue weighted by Gasteiger charge is -2.08. The lowest BCUT2D eigenvalue weighted by molar-refractivity contribution is -0.385. The van der Waals surface area contributed by atoms with E-state index >= 15 is 0 Å². The van der Waals surface area contributed by atoms with Gasteiger partial charge in [-0.1, -0.05) is 35.3 Å². The van der Waals surface area contributed by atoms with Crippen LogP contribution in [0.2, 0.25) is 10.0 Å². The second-order valence-electron chi connectivity index (χ2n) is 4.52. The molecule has 0 aromatic heterocycles. The molecule has 0 aliphatic rings. The molecule has 0 bridgehead atoms. The minimum absolute atomic E-state index is 0.0447. The third-order valence-corrected chi connectivity index (χ3v) is 3.68. The van der Waals surface area contributed by atoms with Gasteiger partial charge in [0.25, 0.3) is 5.69 Å². The molecule has 5 nitrogen and oxygen atoms in total. The number of hydrogen-bond acceptors (Lipinski definition) is 4. The molecule has 0 unspecified atom stereocenters. The highest BCUT2D eigenvalue weighted by Gasteiger charge is 2.19. The van der Waals surface area contributed by atoms with Crippen LogP contribution in [0.4, 0.5) is 5.69 Å². The molecule has 22 heavy (non-hydrogen) atoms. The first kappa shape index (κ1) is 16.3. The molecule has 0 saturated heterocycles. The Morgan fingerprint density at radius 1 is 1.27 bits per heavy atom. The van der Waals surface area contributed by atoms with Gasteiger partial charge < -0.3 is 4.74 Å². The first-order valence-electron chi connectivity index (χ1n) is 6.25. The van der Waals surface area contributed by atoms with Gasteiger partial charge in [0.15, 0.2) is 0 Å². The summed E-state index contributed by atoms with van der Waals surface area (Å²) in [6.07, 6.45) is 0. The molecule has 0 aliphatic heterocycles. The fraction of sp³-hybridized carbons (Fsp3) is 0.133. The Labute approximate surface area is 136 Å². The third kappa shape index (κ3) is 3.55. The van der Waals surface area contributed by atoms with E-state index in [1.165, 1.54) is 25.1 Å². The predicted octanol–water partition coefficient (Wildman–Crippen LogP) is 4.57. The Morgan fingerprint density at radius 3 is 2.64 bits per heavy atom. The van der Waals surface area contributed by atoms with E-state index in [1.807, 2.05) is 0 Å². The zero-order chi connectivity index (χ0) is 16.3. The van der Waals surface area contributed by atoms with Crippen molar-refractivity contribution >= 4 is 34.9 Å². The lowest BCUT2D eigenvalue weighted by atomic mass is 10.1. The molecule has 2 aromatic carbocycles. The van der Waals surface area contributed by atoms with Crippen LogP contribution in [0.15, 0.2) is 36.4 Å². The summed E-state index contributed by atoms with van der Waals surface area (Å²) in [4.78, 5) is 22.4. The van der Waals surface area contributed by atoms with Crippen LogP contribution in [-0.2, 0) is 11.3 Å². The van der Waals surface area contributed by atoms with Gasteiger partial charge in [-0.05, 0) is 25.1 Å². The molecule has 0 amide bonds. The van der Waals surface area contributed by atoms with Gasteiger partial charge in [0, 0.05) is 27.2 Å². The lowest BCUT2D eigenvalue weighted by Crippen LogP contribution is -2.08. The molecule has 0 spiro atoms. The molecular formula is C15H11Cl2NO4. The van der Waals surface area contributed by atoms with E-state index in [0.29, 0.717) is 15.6 Å². The second kappa shape index (κ2) is 6.77. The van der Waals surface area contributed by atoms with Gasteiger partial charge in [0.1, 0.15) is 6.61 Å². The summed E-state index contributed by atoms with van der Waals surface area (Å²) in [7, 11) is 0. The van der Waals surface area contributed by atoms with Gasteiger partial charge in [0.2, 0.25) is 0 Å². The summed E-state index contributed by atoms with van der Waals surface area (Å²) in [5, 5.41) is 11.7. The topological polar surface area (TPSA) is 69.4 Å². The van der Waals surface area contributed by atoms with E-state index in [0.717, 1.165) is 0 Å². The number of ether oxygens (including phenoxy) is 1. The molecule has 0 heterocycles.